The molecule has 6 heteroatoms. The van der Waals surface area contributed by atoms with E-state index >= 15 is 0 Å². The molecule has 0 amide bonds. The first-order valence-corrected chi connectivity index (χ1v) is 11.5. The zero-order valence-electron chi connectivity index (χ0n) is 19.9. The lowest BCUT2D eigenvalue weighted by Gasteiger charge is -2.39. The number of carbonyl (C=O) groups is 1. The van der Waals surface area contributed by atoms with Gasteiger partial charge in [0.25, 0.3) is 0 Å². The summed E-state index contributed by atoms with van der Waals surface area (Å²) >= 11 is 0. The van der Waals surface area contributed by atoms with Crippen molar-refractivity contribution in [3.8, 4) is 17.2 Å². The van der Waals surface area contributed by atoms with Crippen LogP contribution in [0.15, 0.2) is 66.7 Å². The summed E-state index contributed by atoms with van der Waals surface area (Å²) in [5.41, 5.74) is 4.17. The van der Waals surface area contributed by atoms with Gasteiger partial charge >= 0.3 is 0 Å². The number of nitrogens with zero attached hydrogens (tertiary/aromatic N) is 1. The summed E-state index contributed by atoms with van der Waals surface area (Å²) in [7, 11) is 3.30. The van der Waals surface area contributed by atoms with Crippen molar-refractivity contribution in [3.63, 3.8) is 0 Å². The van der Waals surface area contributed by atoms with E-state index < -0.39 is 6.10 Å². The number of hydrogen-bond acceptors (Lipinski definition) is 6. The number of aliphatic hydroxyl groups is 1. The number of ketones is 1. The maximum Gasteiger partial charge on any atom is 0.161 e. The number of methoxy groups -OCH3 is 2. The molecular weight excluding hydrogens is 430 g/mol. The van der Waals surface area contributed by atoms with Crippen molar-refractivity contribution in [3.05, 3.63) is 89.0 Å². The predicted octanol–water partition coefficient (Wildman–Crippen LogP) is 4.29. The van der Waals surface area contributed by atoms with E-state index in [0.29, 0.717) is 23.6 Å². The Morgan fingerprint density at radius 2 is 1.71 bits per heavy atom. The van der Waals surface area contributed by atoms with Crippen molar-refractivity contribution in [1.29, 1.82) is 0 Å². The largest absolute Gasteiger partial charge is 0.493 e. The number of carbonyl (C=O) groups excluding carboxylic acids is 1. The molecule has 3 aromatic carbocycles. The van der Waals surface area contributed by atoms with Gasteiger partial charge in [0.2, 0.25) is 0 Å². The number of Topliss-reactive ketones (excluding diaryl/α,β-unsaturated/α-hetero) is 1. The Bertz CT molecular complexity index is 1110. The lowest BCUT2D eigenvalue weighted by Crippen LogP contribution is -2.42. The van der Waals surface area contributed by atoms with Gasteiger partial charge in [-0.25, -0.2) is 0 Å². The van der Waals surface area contributed by atoms with Crippen LogP contribution in [0.5, 0.6) is 17.2 Å². The van der Waals surface area contributed by atoms with E-state index in [1.165, 1.54) is 12.5 Å². The minimum atomic E-state index is -0.680. The van der Waals surface area contributed by atoms with E-state index in [0.717, 1.165) is 29.8 Å². The number of hydrogen-bond donors (Lipinski definition) is 1. The van der Waals surface area contributed by atoms with E-state index in [9.17, 15) is 9.90 Å². The smallest absolute Gasteiger partial charge is 0.161 e. The van der Waals surface area contributed by atoms with E-state index in [-0.39, 0.29) is 18.4 Å². The van der Waals surface area contributed by atoms with Gasteiger partial charge in [0.1, 0.15) is 18.5 Å². The van der Waals surface area contributed by atoms with Gasteiger partial charge < -0.3 is 19.3 Å². The molecule has 4 rings (SSSR count). The molecule has 0 fully saturated rings. The molecule has 0 bridgehead atoms. The monoisotopic (exact) mass is 461 g/mol. The Kier molecular flexibility index (Phi) is 7.50. The molecule has 6 nitrogen and oxygen atoms in total. The molecule has 0 saturated heterocycles. The van der Waals surface area contributed by atoms with Crippen molar-refractivity contribution in [2.24, 2.45) is 0 Å². The molecule has 0 saturated carbocycles. The summed E-state index contributed by atoms with van der Waals surface area (Å²) < 4.78 is 16.9. The summed E-state index contributed by atoms with van der Waals surface area (Å²) in [5, 5.41) is 10.8. The van der Waals surface area contributed by atoms with Crippen LogP contribution in [0.2, 0.25) is 0 Å². The van der Waals surface area contributed by atoms with Crippen LogP contribution in [0.25, 0.3) is 0 Å². The van der Waals surface area contributed by atoms with Gasteiger partial charge in [0.15, 0.2) is 17.3 Å². The standard InChI is InChI=1S/C28H31NO5/c1-19(30)20-9-11-24(12-10-20)34-18-23(31)17-29-14-13-22-15-26(32-2)27(33-3)16-25(22)28(29)21-7-5-4-6-8-21/h4-12,15-16,23,28,31H,13-14,17-18H2,1-3H3. The fraction of sp³-hybridized carbons (Fsp3) is 0.321. The normalized spacial score (nSPS) is 16.4. The highest BCUT2D eigenvalue weighted by Crippen LogP contribution is 2.41. The van der Waals surface area contributed by atoms with E-state index in [1.807, 2.05) is 18.2 Å². The Morgan fingerprint density at radius 3 is 2.35 bits per heavy atom. The number of benzene rings is 3. The highest BCUT2D eigenvalue weighted by atomic mass is 16.5. The molecule has 0 aliphatic carbocycles. The SMILES string of the molecule is COc1cc2c(cc1OC)C(c1ccccc1)N(CC(O)COc1ccc(C(C)=O)cc1)CC2. The summed E-state index contributed by atoms with van der Waals surface area (Å²) in [5.74, 6) is 2.07. The maximum absolute atomic E-state index is 11.5. The molecule has 1 N–H and O–H groups in total. The van der Waals surface area contributed by atoms with Gasteiger partial charge in [-0.05, 0) is 66.4 Å². The number of β-amino-alcohol motifs (C(OH)–C–C–N with tert-alkyl or cyclic N) is 1. The molecular formula is C28H31NO5. The van der Waals surface area contributed by atoms with Crippen molar-refractivity contribution in [2.75, 3.05) is 33.9 Å². The molecule has 178 valence electrons. The summed E-state index contributed by atoms with van der Waals surface area (Å²) in [6.45, 7) is 2.95. The first kappa shape index (κ1) is 23.8. The minimum absolute atomic E-state index is 0.0122. The number of rotatable bonds is 9. The fourth-order valence-electron chi connectivity index (χ4n) is 4.52. The molecule has 2 unspecified atom stereocenters. The van der Waals surface area contributed by atoms with Crippen LogP contribution in [-0.4, -0.2) is 55.8 Å². The Labute approximate surface area is 200 Å². The maximum atomic E-state index is 11.5. The van der Waals surface area contributed by atoms with Crippen LogP contribution < -0.4 is 14.2 Å². The van der Waals surface area contributed by atoms with Gasteiger partial charge in [0, 0.05) is 18.7 Å². The highest BCUT2D eigenvalue weighted by Gasteiger charge is 2.31. The quantitative estimate of drug-likeness (QED) is 0.480. The topological polar surface area (TPSA) is 68.2 Å². The second-order valence-electron chi connectivity index (χ2n) is 8.51. The molecule has 1 aliphatic heterocycles. The van der Waals surface area contributed by atoms with Gasteiger partial charge in [-0.3, -0.25) is 9.69 Å². The highest BCUT2D eigenvalue weighted by molar-refractivity contribution is 5.94. The lowest BCUT2D eigenvalue weighted by atomic mass is 9.87. The number of aliphatic hydroxyl groups excluding tert-OH is 1. The van der Waals surface area contributed by atoms with Gasteiger partial charge in [-0.15, -0.1) is 0 Å². The lowest BCUT2D eigenvalue weighted by molar-refractivity contribution is 0.0553. The number of ether oxygens (including phenoxy) is 3. The average Bonchev–Trinajstić information content (AvgIpc) is 2.87. The van der Waals surface area contributed by atoms with Gasteiger partial charge in [0.05, 0.1) is 20.3 Å². The molecule has 2 atom stereocenters. The fourth-order valence-corrected chi connectivity index (χ4v) is 4.52. The van der Waals surface area contributed by atoms with Gasteiger partial charge in [-0.1, -0.05) is 30.3 Å². The molecule has 1 aliphatic rings. The third kappa shape index (κ3) is 5.24. The average molecular weight is 462 g/mol. The van der Waals surface area contributed by atoms with Crippen molar-refractivity contribution in [1.82, 2.24) is 4.90 Å². The Hall–Kier alpha value is -3.35. The Balaban J connectivity index is 1.53. The van der Waals surface area contributed by atoms with Crippen molar-refractivity contribution in [2.45, 2.75) is 25.5 Å². The second-order valence-corrected chi connectivity index (χ2v) is 8.51. The summed E-state index contributed by atoms with van der Waals surface area (Å²) in [6, 6.07) is 21.4. The third-order valence-corrected chi connectivity index (χ3v) is 6.24. The minimum Gasteiger partial charge on any atom is -0.493 e. The van der Waals surface area contributed by atoms with E-state index in [1.54, 1.807) is 38.5 Å². The first-order chi connectivity index (χ1) is 16.5. The second kappa shape index (κ2) is 10.7. The van der Waals surface area contributed by atoms with Crippen LogP contribution in [0.3, 0.4) is 0 Å². The van der Waals surface area contributed by atoms with E-state index in [2.05, 4.69) is 29.2 Å². The Morgan fingerprint density at radius 1 is 1.03 bits per heavy atom. The van der Waals surface area contributed by atoms with Crippen LogP contribution in [0.1, 0.15) is 40.0 Å². The zero-order valence-corrected chi connectivity index (χ0v) is 19.9. The van der Waals surface area contributed by atoms with E-state index in [4.69, 9.17) is 14.2 Å². The number of fused-ring (bicyclic) bond motifs is 1. The molecule has 0 radical (unpaired) electrons. The summed E-state index contributed by atoms with van der Waals surface area (Å²) in [4.78, 5) is 13.7. The first-order valence-electron chi connectivity index (χ1n) is 11.5. The van der Waals surface area contributed by atoms with Crippen LogP contribution in [-0.2, 0) is 6.42 Å². The summed E-state index contributed by atoms with van der Waals surface area (Å²) in [6.07, 6.45) is 0.166. The zero-order chi connectivity index (χ0) is 24.1. The van der Waals surface area contributed by atoms with Crippen LogP contribution >= 0.6 is 0 Å². The molecule has 3 aromatic rings. The molecule has 0 aromatic heterocycles. The van der Waals surface area contributed by atoms with Gasteiger partial charge in [-0.2, -0.15) is 0 Å². The molecule has 34 heavy (non-hydrogen) atoms. The van der Waals surface area contributed by atoms with Crippen LogP contribution in [0.4, 0.5) is 0 Å². The molecule has 1 heterocycles. The van der Waals surface area contributed by atoms with Crippen molar-refractivity contribution < 1.29 is 24.1 Å². The third-order valence-electron chi connectivity index (χ3n) is 6.24. The molecule has 0 spiro atoms. The predicted molar refractivity (Wildman–Crippen MR) is 131 cm³/mol. The van der Waals surface area contributed by atoms with Crippen LogP contribution in [0, 0.1) is 0 Å². The van der Waals surface area contributed by atoms with Crippen molar-refractivity contribution >= 4 is 5.78 Å².